The van der Waals surface area contributed by atoms with E-state index in [-0.39, 0.29) is 6.73 Å². The van der Waals surface area contributed by atoms with Crippen LogP contribution in [0, 0.1) is 25.5 Å². The van der Waals surface area contributed by atoms with Gasteiger partial charge in [0.1, 0.15) is 22.7 Å². The first-order valence-electron chi connectivity index (χ1n) is 6.54. The minimum atomic E-state index is -0.617. The largest absolute Gasteiger partial charge is 0.360 e. The average molecular weight is 365 g/mol. The highest BCUT2D eigenvalue weighted by atomic mass is 35.5. The maximum absolute atomic E-state index is 13.9. The Morgan fingerprint density at radius 2 is 2.05 bits per heavy atom. The van der Waals surface area contributed by atoms with Crippen LogP contribution < -0.4 is 4.31 Å². The maximum atomic E-state index is 13.9. The zero-order chi connectivity index (χ0) is 16.3. The molecule has 0 N–H and O–H groups in total. The number of ether oxygens (including phenoxy) is 1. The topological polar surface area (TPSA) is 25.4 Å². The molecule has 0 bridgehead atoms. The van der Waals surface area contributed by atoms with E-state index in [1.54, 1.807) is 18.2 Å². The van der Waals surface area contributed by atoms with Crippen molar-refractivity contribution in [2.24, 2.45) is 0 Å². The van der Waals surface area contributed by atoms with Crippen LogP contribution in [-0.4, -0.2) is 18.3 Å². The predicted molar refractivity (Wildman–Crippen MR) is 87.8 cm³/mol. The summed E-state index contributed by atoms with van der Waals surface area (Å²) in [7, 11) is 0. The van der Waals surface area contributed by atoms with E-state index < -0.39 is 11.6 Å². The van der Waals surface area contributed by atoms with Gasteiger partial charge in [0.05, 0.1) is 10.6 Å². The van der Waals surface area contributed by atoms with Gasteiger partial charge in [0.15, 0.2) is 5.13 Å². The number of benzene rings is 1. The van der Waals surface area contributed by atoms with Crippen LogP contribution in [0.25, 0.3) is 0 Å². The van der Waals surface area contributed by atoms with Gasteiger partial charge >= 0.3 is 0 Å². The summed E-state index contributed by atoms with van der Waals surface area (Å²) in [5.74, 6) is -1.18. The number of aryl methyl sites for hydroxylation is 2. The Labute approximate surface area is 141 Å². The van der Waals surface area contributed by atoms with E-state index in [1.807, 2.05) is 6.92 Å². The lowest BCUT2D eigenvalue weighted by molar-refractivity contribution is 0.158. The molecule has 0 atom stereocenters. The third kappa shape index (κ3) is 4.10. The molecule has 1 aromatic carbocycles. The van der Waals surface area contributed by atoms with Gasteiger partial charge in [0.2, 0.25) is 0 Å². The van der Waals surface area contributed by atoms with Gasteiger partial charge in [-0.1, -0.05) is 22.9 Å². The fourth-order valence-corrected chi connectivity index (χ4v) is 3.61. The summed E-state index contributed by atoms with van der Waals surface area (Å²) in [6, 6.07) is 2.35. The van der Waals surface area contributed by atoms with E-state index in [2.05, 4.69) is 4.98 Å². The number of anilines is 1. The van der Waals surface area contributed by atoms with Crippen molar-refractivity contribution in [3.63, 3.8) is 0 Å². The van der Waals surface area contributed by atoms with Gasteiger partial charge in [-0.25, -0.2) is 13.8 Å². The smallest absolute Gasteiger partial charge is 0.199 e. The van der Waals surface area contributed by atoms with Gasteiger partial charge in [-0.15, -0.1) is 0 Å². The highest BCUT2D eigenvalue weighted by Crippen LogP contribution is 2.37. The van der Waals surface area contributed by atoms with Crippen molar-refractivity contribution >= 4 is 40.0 Å². The van der Waals surface area contributed by atoms with E-state index in [0.29, 0.717) is 32.2 Å². The molecule has 3 nitrogen and oxygen atoms in total. The number of halogens is 3. The Morgan fingerprint density at radius 3 is 2.64 bits per heavy atom. The summed E-state index contributed by atoms with van der Waals surface area (Å²) in [4.78, 5) is 4.65. The first-order valence-corrected chi connectivity index (χ1v) is 8.51. The van der Waals surface area contributed by atoms with Gasteiger partial charge in [0, 0.05) is 12.7 Å². The standard InChI is InChI=1S/C14H15ClF2N2OS2/c1-4-20-7-19(14-18-9(3)13(15)21-14)22-12-5-8(2)10(16)6-11(12)17/h5-6H,4,7H2,1-3H3. The van der Waals surface area contributed by atoms with Crippen molar-refractivity contribution in [3.8, 4) is 0 Å². The maximum Gasteiger partial charge on any atom is 0.199 e. The van der Waals surface area contributed by atoms with Crippen molar-refractivity contribution in [2.75, 3.05) is 17.6 Å². The van der Waals surface area contributed by atoms with Crippen LogP contribution in [-0.2, 0) is 4.74 Å². The van der Waals surface area contributed by atoms with E-state index in [9.17, 15) is 8.78 Å². The zero-order valence-electron chi connectivity index (χ0n) is 12.3. The molecule has 0 aliphatic heterocycles. The molecule has 0 aliphatic carbocycles. The van der Waals surface area contributed by atoms with Gasteiger partial charge in [-0.05, 0) is 44.3 Å². The van der Waals surface area contributed by atoms with Crippen LogP contribution in [0.5, 0.6) is 0 Å². The summed E-state index contributed by atoms with van der Waals surface area (Å²) in [5.41, 5.74) is 1.09. The molecule has 0 saturated heterocycles. The van der Waals surface area contributed by atoms with Crippen LogP contribution in [0.1, 0.15) is 18.2 Å². The van der Waals surface area contributed by atoms with Crippen molar-refractivity contribution < 1.29 is 13.5 Å². The third-order valence-corrected chi connectivity index (χ3v) is 5.37. The molecule has 1 aromatic heterocycles. The van der Waals surface area contributed by atoms with E-state index in [0.717, 1.165) is 18.0 Å². The number of nitrogens with zero attached hydrogens (tertiary/aromatic N) is 2. The van der Waals surface area contributed by atoms with Gasteiger partial charge in [-0.3, -0.25) is 4.31 Å². The lowest BCUT2D eigenvalue weighted by Crippen LogP contribution is -2.18. The Morgan fingerprint density at radius 1 is 1.32 bits per heavy atom. The molecular formula is C14H15ClF2N2OS2. The first-order chi connectivity index (χ1) is 10.4. The third-order valence-electron chi connectivity index (χ3n) is 2.78. The minimum absolute atomic E-state index is 0.223. The quantitative estimate of drug-likeness (QED) is 0.519. The predicted octanol–water partition coefficient (Wildman–Crippen LogP) is 5.20. The molecule has 120 valence electrons. The number of rotatable bonds is 6. The van der Waals surface area contributed by atoms with Gasteiger partial charge < -0.3 is 4.74 Å². The Balaban J connectivity index is 2.28. The number of thiazole rings is 1. The fourth-order valence-electron chi connectivity index (χ4n) is 1.59. The van der Waals surface area contributed by atoms with Crippen LogP contribution in [0.2, 0.25) is 4.34 Å². The van der Waals surface area contributed by atoms with Crippen LogP contribution in [0.3, 0.4) is 0 Å². The number of hydrogen-bond donors (Lipinski definition) is 0. The zero-order valence-corrected chi connectivity index (χ0v) is 14.7. The lowest BCUT2D eigenvalue weighted by Gasteiger charge is -2.20. The summed E-state index contributed by atoms with van der Waals surface area (Å²) in [6.45, 7) is 6.00. The molecule has 0 fully saturated rings. The fraction of sp³-hybridized carbons (Fsp3) is 0.357. The normalized spacial score (nSPS) is 11.0. The second kappa shape index (κ2) is 7.59. The molecule has 0 spiro atoms. The van der Waals surface area contributed by atoms with E-state index >= 15 is 0 Å². The van der Waals surface area contributed by atoms with Crippen LogP contribution in [0.4, 0.5) is 13.9 Å². The molecule has 2 rings (SSSR count). The lowest BCUT2D eigenvalue weighted by atomic mass is 10.2. The van der Waals surface area contributed by atoms with Crippen LogP contribution >= 0.6 is 34.9 Å². The molecule has 0 aliphatic rings. The van der Waals surface area contributed by atoms with Gasteiger partial charge in [0.25, 0.3) is 0 Å². The van der Waals surface area contributed by atoms with Crippen molar-refractivity contribution in [1.82, 2.24) is 4.98 Å². The molecule has 2 aromatic rings. The molecule has 8 heteroatoms. The second-order valence-electron chi connectivity index (χ2n) is 4.48. The van der Waals surface area contributed by atoms with Crippen molar-refractivity contribution in [2.45, 2.75) is 25.7 Å². The molecule has 0 saturated carbocycles. The SMILES string of the molecule is CCOCN(Sc1cc(C)c(F)cc1F)c1nc(C)c(Cl)s1. The number of hydrogen-bond acceptors (Lipinski definition) is 5. The first kappa shape index (κ1) is 17.5. The average Bonchev–Trinajstić information content (AvgIpc) is 2.80. The van der Waals surface area contributed by atoms with Crippen molar-refractivity contribution in [3.05, 3.63) is 39.4 Å². The Bertz CT molecular complexity index is 647. The van der Waals surface area contributed by atoms with E-state index in [4.69, 9.17) is 16.3 Å². The highest BCUT2D eigenvalue weighted by molar-refractivity contribution is 8.00. The summed E-state index contributed by atoms with van der Waals surface area (Å²) < 4.78 is 35.0. The molecule has 0 amide bonds. The second-order valence-corrected chi connectivity index (χ2v) is 7.12. The number of aromatic nitrogens is 1. The highest BCUT2D eigenvalue weighted by Gasteiger charge is 2.18. The van der Waals surface area contributed by atoms with Crippen molar-refractivity contribution in [1.29, 1.82) is 0 Å². The minimum Gasteiger partial charge on any atom is -0.360 e. The Kier molecular flexibility index (Phi) is 6.02. The summed E-state index contributed by atoms with van der Waals surface area (Å²) >= 11 is 8.44. The Hall–Kier alpha value is -0.890. The van der Waals surface area contributed by atoms with Gasteiger partial charge in [-0.2, -0.15) is 0 Å². The molecule has 0 unspecified atom stereocenters. The summed E-state index contributed by atoms with van der Waals surface area (Å²) in [6.07, 6.45) is 0. The monoisotopic (exact) mass is 364 g/mol. The molecule has 22 heavy (non-hydrogen) atoms. The van der Waals surface area contributed by atoms with E-state index in [1.165, 1.54) is 17.4 Å². The molecule has 0 radical (unpaired) electrons. The molecule has 1 heterocycles. The summed E-state index contributed by atoms with van der Waals surface area (Å²) in [5, 5.41) is 0.613. The molecular weight excluding hydrogens is 350 g/mol. The van der Waals surface area contributed by atoms with Crippen LogP contribution in [0.15, 0.2) is 17.0 Å².